The molecule has 0 spiro atoms. The number of amides is 2. The molecule has 0 bridgehead atoms. The maximum atomic E-state index is 12.8. The lowest BCUT2D eigenvalue weighted by Crippen LogP contribution is -2.38. The Bertz CT molecular complexity index is 874. The van der Waals surface area contributed by atoms with E-state index < -0.39 is 0 Å². The molecule has 2 amide bonds. The van der Waals surface area contributed by atoms with Crippen molar-refractivity contribution in [1.82, 2.24) is 9.80 Å². The van der Waals surface area contributed by atoms with Crippen molar-refractivity contribution in [1.29, 1.82) is 0 Å². The van der Waals surface area contributed by atoms with Gasteiger partial charge in [-0.05, 0) is 24.1 Å². The van der Waals surface area contributed by atoms with Crippen LogP contribution >= 0.6 is 11.8 Å². The van der Waals surface area contributed by atoms with Crippen LogP contribution in [0, 0.1) is 0 Å². The second-order valence-corrected chi connectivity index (χ2v) is 8.99. The van der Waals surface area contributed by atoms with Crippen LogP contribution in [0.3, 0.4) is 0 Å². The molecule has 2 aliphatic heterocycles. The van der Waals surface area contributed by atoms with E-state index in [1.807, 2.05) is 34.1 Å². The third-order valence-corrected chi connectivity index (χ3v) is 6.82. The third kappa shape index (κ3) is 5.24. The number of nitrogens with zero attached hydrogens (tertiary/aromatic N) is 3. The predicted octanol–water partition coefficient (Wildman–Crippen LogP) is 3.64. The van der Waals surface area contributed by atoms with E-state index in [9.17, 15) is 9.59 Å². The Kier molecular flexibility index (Phi) is 7.07. The summed E-state index contributed by atoms with van der Waals surface area (Å²) in [5.74, 6) is 1.06. The normalized spacial score (nSPS) is 17.3. The minimum absolute atomic E-state index is 0.0524. The predicted molar refractivity (Wildman–Crippen MR) is 122 cm³/mol. The lowest BCUT2D eigenvalue weighted by Gasteiger charge is -2.29. The summed E-state index contributed by atoms with van der Waals surface area (Å²) in [7, 11) is 0. The molecule has 0 unspecified atom stereocenters. The zero-order valence-electron chi connectivity index (χ0n) is 17.3. The number of hydrogen-bond donors (Lipinski definition) is 0. The first-order chi connectivity index (χ1) is 14.7. The summed E-state index contributed by atoms with van der Waals surface area (Å²) >= 11 is 1.79. The number of benzene rings is 2. The van der Waals surface area contributed by atoms with Gasteiger partial charge >= 0.3 is 0 Å². The van der Waals surface area contributed by atoms with Gasteiger partial charge in [0.2, 0.25) is 11.8 Å². The summed E-state index contributed by atoms with van der Waals surface area (Å²) in [6.07, 6.45) is 1.55. The largest absolute Gasteiger partial charge is 0.341 e. The standard InChI is InChI=1S/C24H29N3O2S/c28-23(11-12-24(29)27-17-18-30-22-10-5-4-9-21(22)27)26-14-6-13-25(15-16-26)19-20-7-2-1-3-8-20/h1-5,7-10H,6,11-19H2. The second kappa shape index (κ2) is 10.1. The third-order valence-electron chi connectivity index (χ3n) is 5.77. The van der Waals surface area contributed by atoms with E-state index in [2.05, 4.69) is 35.2 Å². The Morgan fingerprint density at radius 1 is 0.800 bits per heavy atom. The summed E-state index contributed by atoms with van der Waals surface area (Å²) in [5, 5.41) is 0. The molecule has 0 radical (unpaired) electrons. The van der Waals surface area contributed by atoms with Crippen LogP contribution in [0.2, 0.25) is 0 Å². The average molecular weight is 424 g/mol. The molecule has 0 aromatic heterocycles. The van der Waals surface area contributed by atoms with E-state index in [0.29, 0.717) is 13.0 Å². The van der Waals surface area contributed by atoms with Crippen LogP contribution in [0.1, 0.15) is 24.8 Å². The van der Waals surface area contributed by atoms with Gasteiger partial charge in [0.15, 0.2) is 0 Å². The van der Waals surface area contributed by atoms with Gasteiger partial charge in [-0.1, -0.05) is 42.5 Å². The summed E-state index contributed by atoms with van der Waals surface area (Å²) < 4.78 is 0. The molecule has 2 aromatic rings. The molecule has 0 saturated carbocycles. The van der Waals surface area contributed by atoms with E-state index in [0.717, 1.165) is 55.5 Å². The van der Waals surface area contributed by atoms with Crippen LogP contribution in [-0.4, -0.2) is 60.1 Å². The highest BCUT2D eigenvalue weighted by molar-refractivity contribution is 7.99. The highest BCUT2D eigenvalue weighted by Crippen LogP contribution is 2.34. The van der Waals surface area contributed by atoms with Crippen LogP contribution in [-0.2, 0) is 16.1 Å². The highest BCUT2D eigenvalue weighted by Gasteiger charge is 2.24. The summed E-state index contributed by atoms with van der Waals surface area (Å²) in [6, 6.07) is 18.5. The molecule has 5 nitrogen and oxygen atoms in total. The van der Waals surface area contributed by atoms with Crippen molar-refractivity contribution in [2.24, 2.45) is 0 Å². The minimum Gasteiger partial charge on any atom is -0.341 e. The lowest BCUT2D eigenvalue weighted by atomic mass is 10.2. The maximum absolute atomic E-state index is 12.8. The first kappa shape index (κ1) is 20.9. The minimum atomic E-state index is 0.0524. The van der Waals surface area contributed by atoms with Crippen molar-refractivity contribution in [3.63, 3.8) is 0 Å². The fourth-order valence-corrected chi connectivity index (χ4v) is 5.15. The Balaban J connectivity index is 1.27. The molecule has 0 atom stereocenters. The molecule has 2 aliphatic rings. The summed E-state index contributed by atoms with van der Waals surface area (Å²) in [6.45, 7) is 5.04. The van der Waals surface area contributed by atoms with Gasteiger partial charge in [-0.2, -0.15) is 0 Å². The number of carbonyl (C=O) groups excluding carboxylic acids is 2. The second-order valence-electron chi connectivity index (χ2n) is 7.86. The first-order valence-corrected chi connectivity index (χ1v) is 11.8. The monoisotopic (exact) mass is 423 g/mol. The van der Waals surface area contributed by atoms with Gasteiger partial charge in [0.25, 0.3) is 0 Å². The Morgan fingerprint density at radius 3 is 2.43 bits per heavy atom. The highest BCUT2D eigenvalue weighted by atomic mass is 32.2. The van der Waals surface area contributed by atoms with Crippen molar-refractivity contribution in [3.05, 3.63) is 60.2 Å². The molecule has 30 heavy (non-hydrogen) atoms. The molecule has 0 aliphatic carbocycles. The zero-order valence-corrected chi connectivity index (χ0v) is 18.2. The molecule has 2 heterocycles. The molecule has 2 aromatic carbocycles. The van der Waals surface area contributed by atoms with Gasteiger partial charge in [0.1, 0.15) is 0 Å². The average Bonchev–Trinajstić information content (AvgIpc) is 3.03. The number of thioether (sulfide) groups is 1. The van der Waals surface area contributed by atoms with E-state index in [4.69, 9.17) is 0 Å². The van der Waals surface area contributed by atoms with Crippen molar-refractivity contribution in [3.8, 4) is 0 Å². The van der Waals surface area contributed by atoms with Gasteiger partial charge in [0, 0.05) is 62.8 Å². The van der Waals surface area contributed by atoms with Gasteiger partial charge in [-0.3, -0.25) is 14.5 Å². The molecule has 1 saturated heterocycles. The van der Waals surface area contributed by atoms with Gasteiger partial charge < -0.3 is 9.80 Å². The molecule has 0 N–H and O–H groups in total. The number of para-hydroxylation sites is 1. The molecule has 158 valence electrons. The van der Waals surface area contributed by atoms with Crippen LogP contribution in [0.15, 0.2) is 59.5 Å². The maximum Gasteiger partial charge on any atom is 0.227 e. The van der Waals surface area contributed by atoms with Crippen molar-refractivity contribution in [2.45, 2.75) is 30.7 Å². The number of carbonyl (C=O) groups is 2. The number of rotatable bonds is 5. The lowest BCUT2D eigenvalue weighted by molar-refractivity contribution is -0.133. The van der Waals surface area contributed by atoms with E-state index >= 15 is 0 Å². The fraction of sp³-hybridized carbons (Fsp3) is 0.417. The van der Waals surface area contributed by atoms with Crippen molar-refractivity contribution >= 4 is 29.3 Å². The number of anilines is 1. The van der Waals surface area contributed by atoms with E-state index in [-0.39, 0.29) is 18.2 Å². The molecular weight excluding hydrogens is 394 g/mol. The summed E-state index contributed by atoms with van der Waals surface area (Å²) in [5.41, 5.74) is 2.29. The van der Waals surface area contributed by atoms with E-state index in [1.165, 1.54) is 5.56 Å². The van der Waals surface area contributed by atoms with Crippen LogP contribution in [0.4, 0.5) is 5.69 Å². The van der Waals surface area contributed by atoms with Gasteiger partial charge in [-0.25, -0.2) is 0 Å². The smallest absolute Gasteiger partial charge is 0.227 e. The topological polar surface area (TPSA) is 43.9 Å². The van der Waals surface area contributed by atoms with Crippen LogP contribution < -0.4 is 4.90 Å². The van der Waals surface area contributed by atoms with Crippen LogP contribution in [0.25, 0.3) is 0 Å². The zero-order chi connectivity index (χ0) is 20.8. The number of hydrogen-bond acceptors (Lipinski definition) is 4. The Hall–Kier alpha value is -2.31. The first-order valence-electron chi connectivity index (χ1n) is 10.8. The van der Waals surface area contributed by atoms with E-state index in [1.54, 1.807) is 11.8 Å². The molecule has 1 fully saturated rings. The SMILES string of the molecule is O=C(CCC(=O)N1CCSc2ccccc21)N1CCCN(Cc2ccccc2)CC1. The fourth-order valence-electron chi connectivity index (χ4n) is 4.16. The van der Waals surface area contributed by atoms with Crippen LogP contribution in [0.5, 0.6) is 0 Å². The van der Waals surface area contributed by atoms with Crippen molar-refractivity contribution in [2.75, 3.05) is 43.4 Å². The van der Waals surface area contributed by atoms with Gasteiger partial charge in [-0.15, -0.1) is 11.8 Å². The number of fused-ring (bicyclic) bond motifs is 1. The molecular formula is C24H29N3O2S. The van der Waals surface area contributed by atoms with Gasteiger partial charge in [0.05, 0.1) is 5.69 Å². The van der Waals surface area contributed by atoms with Crippen molar-refractivity contribution < 1.29 is 9.59 Å². The summed E-state index contributed by atoms with van der Waals surface area (Å²) in [4.78, 5) is 32.9. The Labute approximate surface area is 183 Å². The quantitative estimate of drug-likeness (QED) is 0.737. The molecule has 4 rings (SSSR count). The Morgan fingerprint density at radius 2 is 1.57 bits per heavy atom. The molecule has 6 heteroatoms.